The lowest BCUT2D eigenvalue weighted by Gasteiger charge is -2.19. The summed E-state index contributed by atoms with van der Waals surface area (Å²) in [6.45, 7) is 0.482. The van der Waals surface area contributed by atoms with Crippen molar-refractivity contribution >= 4 is 17.8 Å². The first kappa shape index (κ1) is 18.9. The zero-order chi connectivity index (χ0) is 20.5. The number of benzene rings is 1. The molecule has 0 atom stereocenters. The first-order valence-electron chi connectivity index (χ1n) is 9.24. The van der Waals surface area contributed by atoms with Gasteiger partial charge in [-0.05, 0) is 17.7 Å². The van der Waals surface area contributed by atoms with Gasteiger partial charge in [-0.25, -0.2) is 14.8 Å². The summed E-state index contributed by atoms with van der Waals surface area (Å²) >= 11 is 0. The molecule has 29 heavy (non-hydrogen) atoms. The molecular weight excluding hydrogens is 374 g/mol. The van der Waals surface area contributed by atoms with E-state index in [0.717, 1.165) is 27.5 Å². The normalized spacial score (nSPS) is 15.9. The molecule has 4 amide bonds. The molecule has 0 saturated carbocycles. The number of nitrogens with zero attached hydrogens (tertiary/aromatic N) is 5. The Hall–Kier alpha value is -3.49. The van der Waals surface area contributed by atoms with Gasteiger partial charge in [0.15, 0.2) is 0 Å². The Balaban J connectivity index is 1.41. The van der Waals surface area contributed by atoms with E-state index in [0.29, 0.717) is 25.3 Å². The van der Waals surface area contributed by atoms with Crippen molar-refractivity contribution in [3.8, 4) is 5.75 Å². The number of imide groups is 1. The van der Waals surface area contributed by atoms with Gasteiger partial charge >= 0.3 is 6.03 Å². The van der Waals surface area contributed by atoms with Crippen LogP contribution in [0.2, 0.25) is 0 Å². The summed E-state index contributed by atoms with van der Waals surface area (Å²) in [5, 5.41) is 0. The zero-order valence-corrected chi connectivity index (χ0v) is 16.3. The summed E-state index contributed by atoms with van der Waals surface area (Å²) in [4.78, 5) is 49.4. The fraction of sp³-hybridized carbons (Fsp3) is 0.350. The molecule has 0 unspecified atom stereocenters. The van der Waals surface area contributed by atoms with Gasteiger partial charge < -0.3 is 14.5 Å². The Morgan fingerprint density at radius 1 is 1.14 bits per heavy atom. The number of amides is 4. The molecule has 2 aliphatic rings. The van der Waals surface area contributed by atoms with Crippen molar-refractivity contribution in [2.75, 3.05) is 27.2 Å². The number of likely N-dealkylation sites (N-methyl/N-ethyl adjacent to an activating group) is 1. The first-order chi connectivity index (χ1) is 13.9. The van der Waals surface area contributed by atoms with Crippen molar-refractivity contribution in [3.05, 3.63) is 53.1 Å². The summed E-state index contributed by atoms with van der Waals surface area (Å²) in [7, 11) is 3.16. The maximum absolute atomic E-state index is 12.6. The van der Waals surface area contributed by atoms with E-state index in [2.05, 4.69) is 9.97 Å². The number of aromatic nitrogens is 2. The third-order valence-corrected chi connectivity index (χ3v) is 5.10. The fourth-order valence-corrected chi connectivity index (χ4v) is 3.44. The minimum absolute atomic E-state index is 0.00648. The molecule has 3 heterocycles. The van der Waals surface area contributed by atoms with Gasteiger partial charge in [-0.2, -0.15) is 0 Å². The van der Waals surface area contributed by atoms with Gasteiger partial charge in [-0.15, -0.1) is 0 Å². The fourth-order valence-electron chi connectivity index (χ4n) is 3.44. The summed E-state index contributed by atoms with van der Waals surface area (Å²) in [6.07, 6.45) is 2.32. The van der Waals surface area contributed by atoms with Crippen LogP contribution in [0.15, 0.2) is 30.5 Å². The second-order valence-corrected chi connectivity index (χ2v) is 7.15. The quantitative estimate of drug-likeness (QED) is 0.696. The topological polar surface area (TPSA) is 95.9 Å². The van der Waals surface area contributed by atoms with E-state index in [1.807, 2.05) is 24.3 Å². The maximum atomic E-state index is 12.6. The Morgan fingerprint density at radius 3 is 2.55 bits per heavy atom. The molecule has 0 bridgehead atoms. The van der Waals surface area contributed by atoms with Crippen LogP contribution >= 0.6 is 0 Å². The second-order valence-electron chi connectivity index (χ2n) is 7.15. The second kappa shape index (κ2) is 7.50. The smallest absolute Gasteiger partial charge is 0.327 e. The minimum Gasteiger partial charge on any atom is -0.497 e. The Bertz CT molecular complexity index is 975. The van der Waals surface area contributed by atoms with Crippen LogP contribution in [0.4, 0.5) is 4.79 Å². The highest BCUT2D eigenvalue weighted by Crippen LogP contribution is 2.22. The van der Waals surface area contributed by atoms with Crippen LogP contribution in [-0.2, 0) is 29.1 Å². The molecule has 1 aromatic heterocycles. The lowest BCUT2D eigenvalue weighted by Crippen LogP contribution is -2.41. The largest absolute Gasteiger partial charge is 0.497 e. The molecule has 0 aliphatic carbocycles. The van der Waals surface area contributed by atoms with Crippen LogP contribution in [-0.4, -0.2) is 69.8 Å². The molecule has 150 valence electrons. The Morgan fingerprint density at radius 2 is 1.90 bits per heavy atom. The zero-order valence-electron chi connectivity index (χ0n) is 16.3. The third-order valence-electron chi connectivity index (χ3n) is 5.10. The summed E-state index contributed by atoms with van der Waals surface area (Å²) in [5.74, 6) is 0.828. The Labute approximate surface area is 167 Å². The van der Waals surface area contributed by atoms with Crippen LogP contribution in [0.3, 0.4) is 0 Å². The summed E-state index contributed by atoms with van der Waals surface area (Å²) in [6, 6.07) is 7.27. The Kier molecular flexibility index (Phi) is 4.87. The van der Waals surface area contributed by atoms with Crippen molar-refractivity contribution in [3.63, 3.8) is 0 Å². The molecule has 0 radical (unpaired) electrons. The SMILES string of the molecule is COc1ccc(Cc2ncc3c(n2)CN(C(=O)CN2C(=O)CN(C)C2=O)C3)cc1. The molecule has 2 aromatic rings. The van der Waals surface area contributed by atoms with Gasteiger partial charge in [-0.1, -0.05) is 12.1 Å². The van der Waals surface area contributed by atoms with Gasteiger partial charge in [-0.3, -0.25) is 14.5 Å². The number of hydrogen-bond donors (Lipinski definition) is 0. The van der Waals surface area contributed by atoms with E-state index in [9.17, 15) is 14.4 Å². The summed E-state index contributed by atoms with van der Waals surface area (Å²) < 4.78 is 5.16. The van der Waals surface area contributed by atoms with Crippen molar-refractivity contribution in [1.82, 2.24) is 24.7 Å². The molecular formula is C20H21N5O4. The van der Waals surface area contributed by atoms with Gasteiger partial charge in [0.05, 0.1) is 19.3 Å². The lowest BCUT2D eigenvalue weighted by molar-refractivity contribution is -0.137. The number of carbonyl (C=O) groups is 3. The molecule has 0 N–H and O–H groups in total. The van der Waals surface area contributed by atoms with Crippen LogP contribution in [0.5, 0.6) is 5.75 Å². The average Bonchev–Trinajstić information content (AvgIpc) is 3.24. The van der Waals surface area contributed by atoms with Crippen LogP contribution < -0.4 is 4.74 Å². The van der Waals surface area contributed by atoms with Crippen LogP contribution in [0, 0.1) is 0 Å². The number of urea groups is 1. The third kappa shape index (κ3) is 3.75. The maximum Gasteiger partial charge on any atom is 0.327 e. The van der Waals surface area contributed by atoms with Crippen LogP contribution in [0.25, 0.3) is 0 Å². The molecule has 0 spiro atoms. The van der Waals surface area contributed by atoms with E-state index in [1.165, 1.54) is 11.9 Å². The van der Waals surface area contributed by atoms with Crippen molar-refractivity contribution < 1.29 is 19.1 Å². The van der Waals surface area contributed by atoms with E-state index >= 15 is 0 Å². The molecule has 1 saturated heterocycles. The van der Waals surface area contributed by atoms with Gasteiger partial charge in [0.25, 0.3) is 5.91 Å². The number of carbonyl (C=O) groups excluding carboxylic acids is 3. The number of methoxy groups -OCH3 is 1. The number of ether oxygens (including phenoxy) is 1. The van der Waals surface area contributed by atoms with Gasteiger partial charge in [0, 0.05) is 31.8 Å². The van der Waals surface area contributed by atoms with E-state index < -0.39 is 6.03 Å². The molecule has 1 aromatic carbocycles. The number of hydrogen-bond acceptors (Lipinski definition) is 6. The van der Waals surface area contributed by atoms with Crippen molar-refractivity contribution in [2.24, 2.45) is 0 Å². The molecule has 2 aliphatic heterocycles. The van der Waals surface area contributed by atoms with E-state index in [4.69, 9.17) is 4.74 Å². The predicted octanol–water partition coefficient (Wildman–Crippen LogP) is 0.812. The average molecular weight is 395 g/mol. The number of fused-ring (bicyclic) bond motifs is 1. The summed E-state index contributed by atoms with van der Waals surface area (Å²) in [5.41, 5.74) is 2.74. The van der Waals surface area contributed by atoms with E-state index in [1.54, 1.807) is 18.2 Å². The molecule has 9 nitrogen and oxygen atoms in total. The highest BCUT2D eigenvalue weighted by atomic mass is 16.5. The van der Waals surface area contributed by atoms with Crippen LogP contribution in [0.1, 0.15) is 22.6 Å². The molecule has 4 rings (SSSR count). The lowest BCUT2D eigenvalue weighted by atomic mass is 10.1. The highest BCUT2D eigenvalue weighted by Gasteiger charge is 2.36. The molecule has 1 fully saturated rings. The van der Waals surface area contributed by atoms with Crippen molar-refractivity contribution in [1.29, 1.82) is 0 Å². The minimum atomic E-state index is -0.443. The predicted molar refractivity (Wildman–Crippen MR) is 102 cm³/mol. The van der Waals surface area contributed by atoms with Gasteiger partial charge in [0.2, 0.25) is 5.91 Å². The molecule has 9 heteroatoms. The number of rotatable bonds is 5. The first-order valence-corrected chi connectivity index (χ1v) is 9.24. The van der Waals surface area contributed by atoms with E-state index in [-0.39, 0.29) is 24.9 Å². The van der Waals surface area contributed by atoms with Gasteiger partial charge in [0.1, 0.15) is 24.7 Å². The standard InChI is InChI=1S/C20H21N5O4/c1-23-11-19(27)25(20(23)28)12-18(26)24-9-14-8-21-17(22-16(14)10-24)7-13-3-5-15(29-2)6-4-13/h3-6,8H,7,9-12H2,1-2H3. The highest BCUT2D eigenvalue weighted by molar-refractivity contribution is 6.04. The van der Waals surface area contributed by atoms with Crippen molar-refractivity contribution in [2.45, 2.75) is 19.5 Å². The monoisotopic (exact) mass is 395 g/mol.